The molecule has 0 spiro atoms. The zero-order valence-corrected chi connectivity index (χ0v) is 16.4. The van der Waals surface area contributed by atoms with Crippen LogP contribution in [0.3, 0.4) is 0 Å². The molecular formula is C19H19NO7S. The number of carbonyl (C=O) groups is 3. The van der Waals surface area contributed by atoms with E-state index >= 15 is 0 Å². The van der Waals surface area contributed by atoms with Crippen molar-refractivity contribution >= 4 is 34.2 Å². The number of esters is 2. The molecule has 0 bridgehead atoms. The Labute approximate surface area is 165 Å². The van der Waals surface area contributed by atoms with Gasteiger partial charge < -0.3 is 24.3 Å². The highest BCUT2D eigenvalue weighted by atomic mass is 32.1. The zero-order chi connectivity index (χ0) is 20.3. The topological polar surface area (TPSA) is 100 Å². The first-order valence-electron chi connectivity index (χ1n) is 8.54. The van der Waals surface area contributed by atoms with Crippen LogP contribution in [0.5, 0.6) is 11.5 Å². The van der Waals surface area contributed by atoms with Crippen molar-refractivity contribution in [3.8, 4) is 11.5 Å². The van der Waals surface area contributed by atoms with Crippen molar-refractivity contribution in [3.63, 3.8) is 0 Å². The van der Waals surface area contributed by atoms with E-state index in [-0.39, 0.29) is 19.0 Å². The molecule has 1 amide bonds. The summed E-state index contributed by atoms with van der Waals surface area (Å²) in [5, 5.41) is 2.99. The number of ether oxygens (including phenoxy) is 4. The Morgan fingerprint density at radius 2 is 1.86 bits per heavy atom. The molecule has 2 aromatic rings. The number of nitrogens with one attached hydrogen (secondary N) is 1. The Hall–Kier alpha value is -3.07. The minimum atomic E-state index is -0.669. The van der Waals surface area contributed by atoms with E-state index in [2.05, 4.69) is 5.32 Å². The lowest BCUT2D eigenvalue weighted by Gasteiger charge is -2.08. The summed E-state index contributed by atoms with van der Waals surface area (Å²) in [6.45, 7) is 5.17. The SMILES string of the molecule is CCOC(=O)c1c(NC(=O)COC(=O)c2ccc3c(c2)OCO3)sc(C)c1C. The molecule has 1 aliphatic rings. The van der Waals surface area contributed by atoms with Gasteiger partial charge in [0.2, 0.25) is 6.79 Å². The molecular weight excluding hydrogens is 386 g/mol. The van der Waals surface area contributed by atoms with Gasteiger partial charge in [-0.3, -0.25) is 4.79 Å². The van der Waals surface area contributed by atoms with Gasteiger partial charge in [0.15, 0.2) is 18.1 Å². The van der Waals surface area contributed by atoms with Crippen molar-refractivity contribution in [2.75, 3.05) is 25.3 Å². The van der Waals surface area contributed by atoms with Crippen molar-refractivity contribution in [2.24, 2.45) is 0 Å². The lowest BCUT2D eigenvalue weighted by Crippen LogP contribution is -2.21. The molecule has 3 rings (SSSR count). The van der Waals surface area contributed by atoms with Crippen molar-refractivity contribution in [1.29, 1.82) is 0 Å². The van der Waals surface area contributed by atoms with E-state index in [9.17, 15) is 14.4 Å². The van der Waals surface area contributed by atoms with Crippen LogP contribution in [0.4, 0.5) is 5.00 Å². The molecule has 1 aliphatic heterocycles. The fraction of sp³-hybridized carbons (Fsp3) is 0.316. The summed E-state index contributed by atoms with van der Waals surface area (Å²) in [7, 11) is 0. The van der Waals surface area contributed by atoms with Gasteiger partial charge in [0.05, 0.1) is 17.7 Å². The number of aryl methyl sites for hydroxylation is 1. The fourth-order valence-corrected chi connectivity index (χ4v) is 3.63. The lowest BCUT2D eigenvalue weighted by atomic mass is 10.1. The molecule has 0 saturated carbocycles. The van der Waals surface area contributed by atoms with E-state index in [0.717, 1.165) is 10.4 Å². The van der Waals surface area contributed by atoms with Gasteiger partial charge in [-0.05, 0) is 44.5 Å². The summed E-state index contributed by atoms with van der Waals surface area (Å²) in [5.41, 5.74) is 1.31. The quantitative estimate of drug-likeness (QED) is 0.737. The number of fused-ring (bicyclic) bond motifs is 1. The van der Waals surface area contributed by atoms with Gasteiger partial charge in [0.1, 0.15) is 5.00 Å². The highest BCUT2D eigenvalue weighted by Crippen LogP contribution is 2.34. The van der Waals surface area contributed by atoms with Crippen molar-refractivity contribution in [1.82, 2.24) is 0 Å². The molecule has 9 heteroatoms. The first-order chi connectivity index (χ1) is 13.4. The number of rotatable bonds is 6. The summed E-state index contributed by atoms with van der Waals surface area (Å²) < 4.78 is 20.5. The lowest BCUT2D eigenvalue weighted by molar-refractivity contribution is -0.119. The molecule has 0 saturated heterocycles. The normalized spacial score (nSPS) is 11.8. The Morgan fingerprint density at radius 3 is 2.61 bits per heavy atom. The molecule has 1 N–H and O–H groups in total. The van der Waals surface area contributed by atoms with E-state index in [1.807, 2.05) is 6.92 Å². The molecule has 148 valence electrons. The average Bonchev–Trinajstić information content (AvgIpc) is 3.23. The monoisotopic (exact) mass is 405 g/mol. The predicted molar refractivity (Wildman–Crippen MR) is 101 cm³/mol. The maximum Gasteiger partial charge on any atom is 0.341 e. The number of carbonyl (C=O) groups excluding carboxylic acids is 3. The Kier molecular flexibility index (Phi) is 5.84. The number of hydrogen-bond acceptors (Lipinski definition) is 8. The highest BCUT2D eigenvalue weighted by molar-refractivity contribution is 7.16. The van der Waals surface area contributed by atoms with Crippen LogP contribution in [0, 0.1) is 13.8 Å². The molecule has 0 fully saturated rings. The molecule has 2 heterocycles. The summed E-state index contributed by atoms with van der Waals surface area (Å²) in [6, 6.07) is 4.62. The number of thiophene rings is 1. The third-order valence-electron chi connectivity index (χ3n) is 4.06. The van der Waals surface area contributed by atoms with Crippen LogP contribution in [0.15, 0.2) is 18.2 Å². The third kappa shape index (κ3) is 4.09. The number of benzene rings is 1. The minimum Gasteiger partial charge on any atom is -0.462 e. The molecule has 28 heavy (non-hydrogen) atoms. The number of amides is 1. The van der Waals surface area contributed by atoms with Gasteiger partial charge in [0.25, 0.3) is 5.91 Å². The molecule has 0 atom stereocenters. The van der Waals surface area contributed by atoms with E-state index in [1.54, 1.807) is 19.9 Å². The molecule has 8 nitrogen and oxygen atoms in total. The van der Waals surface area contributed by atoms with Crippen LogP contribution >= 0.6 is 11.3 Å². The van der Waals surface area contributed by atoms with Crippen LogP contribution in [-0.2, 0) is 14.3 Å². The van der Waals surface area contributed by atoms with Gasteiger partial charge in [-0.1, -0.05) is 0 Å². The van der Waals surface area contributed by atoms with Gasteiger partial charge in [-0.15, -0.1) is 11.3 Å². The zero-order valence-electron chi connectivity index (χ0n) is 15.6. The average molecular weight is 405 g/mol. The second-order valence-corrected chi connectivity index (χ2v) is 7.12. The van der Waals surface area contributed by atoms with Gasteiger partial charge >= 0.3 is 11.9 Å². The van der Waals surface area contributed by atoms with E-state index < -0.39 is 24.5 Å². The second kappa shape index (κ2) is 8.30. The Morgan fingerprint density at radius 1 is 1.11 bits per heavy atom. The van der Waals surface area contributed by atoms with Crippen LogP contribution in [-0.4, -0.2) is 37.9 Å². The summed E-state index contributed by atoms with van der Waals surface area (Å²) in [5.74, 6) is -0.734. The van der Waals surface area contributed by atoms with Crippen LogP contribution in [0.2, 0.25) is 0 Å². The van der Waals surface area contributed by atoms with Crippen LogP contribution < -0.4 is 14.8 Å². The summed E-state index contributed by atoms with van der Waals surface area (Å²) in [4.78, 5) is 37.4. The van der Waals surface area contributed by atoms with E-state index in [4.69, 9.17) is 18.9 Å². The molecule has 0 aliphatic carbocycles. The first kappa shape index (κ1) is 19.7. The standard InChI is InChI=1S/C19H19NO7S/c1-4-24-19(23)16-10(2)11(3)28-17(16)20-15(21)8-25-18(22)12-5-6-13-14(7-12)27-9-26-13/h5-7H,4,8-9H2,1-3H3,(H,20,21). The number of hydrogen-bond donors (Lipinski definition) is 1. The molecule has 1 aromatic carbocycles. The predicted octanol–water partition coefficient (Wildman–Crippen LogP) is 3.07. The second-order valence-electron chi connectivity index (χ2n) is 5.90. The Balaban J connectivity index is 1.62. The molecule has 1 aromatic heterocycles. The van der Waals surface area contributed by atoms with Crippen LogP contribution in [0.25, 0.3) is 0 Å². The van der Waals surface area contributed by atoms with Gasteiger partial charge in [-0.25, -0.2) is 9.59 Å². The van der Waals surface area contributed by atoms with Gasteiger partial charge in [-0.2, -0.15) is 0 Å². The molecule has 0 radical (unpaired) electrons. The minimum absolute atomic E-state index is 0.0959. The van der Waals surface area contributed by atoms with Crippen molar-refractivity contribution in [3.05, 3.63) is 39.8 Å². The van der Waals surface area contributed by atoms with Crippen molar-refractivity contribution in [2.45, 2.75) is 20.8 Å². The van der Waals surface area contributed by atoms with E-state index in [0.29, 0.717) is 22.1 Å². The maximum atomic E-state index is 12.2. The van der Waals surface area contributed by atoms with Crippen molar-refractivity contribution < 1.29 is 33.3 Å². The van der Waals surface area contributed by atoms with Crippen LogP contribution in [0.1, 0.15) is 38.1 Å². The largest absolute Gasteiger partial charge is 0.462 e. The Bertz CT molecular complexity index is 935. The summed E-state index contributed by atoms with van der Waals surface area (Å²) in [6.07, 6.45) is 0. The molecule has 0 unspecified atom stereocenters. The smallest absolute Gasteiger partial charge is 0.341 e. The first-order valence-corrected chi connectivity index (χ1v) is 9.36. The van der Waals surface area contributed by atoms with Gasteiger partial charge in [0, 0.05) is 4.88 Å². The van der Waals surface area contributed by atoms with E-state index in [1.165, 1.54) is 23.5 Å². The number of anilines is 1. The summed E-state index contributed by atoms with van der Waals surface area (Å²) >= 11 is 1.26. The maximum absolute atomic E-state index is 12.2. The highest BCUT2D eigenvalue weighted by Gasteiger charge is 2.23. The fourth-order valence-electron chi connectivity index (χ4n) is 2.56. The third-order valence-corrected chi connectivity index (χ3v) is 5.18.